The van der Waals surface area contributed by atoms with Crippen molar-refractivity contribution in [1.82, 2.24) is 29.7 Å². The molecule has 11 heteroatoms. The molecular weight excluding hydrogens is 494 g/mol. The number of benzene rings is 1. The second kappa shape index (κ2) is 10.7. The lowest BCUT2D eigenvalue weighted by Crippen LogP contribution is -2.50. The molecule has 5 heterocycles. The number of hydrogen-bond donors (Lipinski definition) is 1. The summed E-state index contributed by atoms with van der Waals surface area (Å²) in [7, 11) is 0. The predicted octanol–water partition coefficient (Wildman–Crippen LogP) is 2.21. The molecule has 1 aromatic carbocycles. The average molecular weight is 530 g/mol. The molecule has 0 unspecified atom stereocenters. The van der Waals surface area contributed by atoms with E-state index in [0.29, 0.717) is 30.8 Å². The molecule has 1 amide bonds. The van der Waals surface area contributed by atoms with Gasteiger partial charge in [-0.05, 0) is 44.5 Å². The van der Waals surface area contributed by atoms with Gasteiger partial charge in [-0.25, -0.2) is 15.0 Å². The fraction of sp³-hybridized carbons (Fsp3) is 0.464. The Labute approximate surface area is 228 Å². The first-order valence-electron chi connectivity index (χ1n) is 13.7. The van der Waals surface area contributed by atoms with Crippen molar-refractivity contribution in [3.63, 3.8) is 0 Å². The molecular formula is C28H35N9O2. The van der Waals surface area contributed by atoms with Gasteiger partial charge in [0.2, 0.25) is 11.9 Å². The Morgan fingerprint density at radius 2 is 1.62 bits per heavy atom. The zero-order valence-electron chi connectivity index (χ0n) is 22.6. The van der Waals surface area contributed by atoms with E-state index in [-0.39, 0.29) is 11.9 Å². The van der Waals surface area contributed by atoms with Crippen LogP contribution in [-0.2, 0) is 11.2 Å². The van der Waals surface area contributed by atoms with Crippen LogP contribution in [-0.4, -0.2) is 101 Å². The van der Waals surface area contributed by atoms with Crippen LogP contribution >= 0.6 is 0 Å². The van der Waals surface area contributed by atoms with Crippen molar-refractivity contribution in [3.05, 3.63) is 47.8 Å². The molecule has 0 bridgehead atoms. The number of amides is 1. The van der Waals surface area contributed by atoms with E-state index in [1.54, 1.807) is 12.4 Å². The molecule has 204 valence electrons. The van der Waals surface area contributed by atoms with Crippen molar-refractivity contribution < 1.29 is 9.53 Å². The Morgan fingerprint density at radius 1 is 0.923 bits per heavy atom. The van der Waals surface area contributed by atoms with Gasteiger partial charge in [-0.3, -0.25) is 9.69 Å². The Hall–Kier alpha value is -3.83. The van der Waals surface area contributed by atoms with Crippen LogP contribution < -0.4 is 15.5 Å². The molecule has 0 spiro atoms. The Balaban J connectivity index is 1.28. The highest BCUT2D eigenvalue weighted by Gasteiger charge is 2.30. The number of hydrogen-bond acceptors (Lipinski definition) is 10. The lowest BCUT2D eigenvalue weighted by atomic mass is 10.1. The van der Waals surface area contributed by atoms with Crippen LogP contribution in [0.2, 0.25) is 0 Å². The quantitative estimate of drug-likeness (QED) is 0.527. The van der Waals surface area contributed by atoms with Gasteiger partial charge in [0.1, 0.15) is 5.82 Å². The van der Waals surface area contributed by atoms with Gasteiger partial charge in [-0.1, -0.05) is 0 Å². The fourth-order valence-corrected chi connectivity index (χ4v) is 5.51. The van der Waals surface area contributed by atoms with E-state index in [2.05, 4.69) is 38.5 Å². The monoisotopic (exact) mass is 529 g/mol. The largest absolute Gasteiger partial charge is 0.378 e. The zero-order valence-corrected chi connectivity index (χ0v) is 22.6. The van der Waals surface area contributed by atoms with Gasteiger partial charge in [0.05, 0.1) is 18.9 Å². The van der Waals surface area contributed by atoms with E-state index >= 15 is 0 Å². The van der Waals surface area contributed by atoms with Gasteiger partial charge < -0.3 is 25.2 Å². The highest BCUT2D eigenvalue weighted by molar-refractivity contribution is 5.95. The number of carbonyl (C=O) groups excluding carboxylic acids is 1. The topological polar surface area (TPSA) is 117 Å². The molecule has 3 aromatic rings. The number of rotatable bonds is 5. The van der Waals surface area contributed by atoms with Crippen LogP contribution in [0.3, 0.4) is 0 Å². The number of ether oxygens (including phenoxy) is 1. The van der Waals surface area contributed by atoms with Crippen molar-refractivity contribution in [1.29, 1.82) is 0 Å². The number of nitrogens with zero attached hydrogens (tertiary/aromatic N) is 8. The number of morpholine rings is 1. The molecule has 39 heavy (non-hydrogen) atoms. The SMILES string of the molecule is CC(C)N1CCN(C(=O)c2ccc(N3CCc4c(-c5cnc(N)nc5)nc(N5CCOCC5)nc43)cc2)CC1. The summed E-state index contributed by atoms with van der Waals surface area (Å²) in [5.41, 5.74) is 10.2. The highest BCUT2D eigenvalue weighted by atomic mass is 16.5. The van der Waals surface area contributed by atoms with E-state index in [0.717, 1.165) is 80.6 Å². The number of anilines is 4. The molecule has 2 aromatic heterocycles. The number of piperazine rings is 1. The summed E-state index contributed by atoms with van der Waals surface area (Å²) in [4.78, 5) is 40.3. The van der Waals surface area contributed by atoms with Gasteiger partial charge >= 0.3 is 0 Å². The van der Waals surface area contributed by atoms with E-state index in [9.17, 15) is 4.79 Å². The summed E-state index contributed by atoms with van der Waals surface area (Å²) in [6, 6.07) is 8.42. The maximum Gasteiger partial charge on any atom is 0.253 e. The average Bonchev–Trinajstić information content (AvgIpc) is 3.41. The molecule has 0 atom stereocenters. The molecule has 2 fully saturated rings. The van der Waals surface area contributed by atoms with Gasteiger partial charge in [0, 0.05) is 86.6 Å². The molecule has 3 aliphatic rings. The molecule has 2 N–H and O–H groups in total. The van der Waals surface area contributed by atoms with E-state index in [4.69, 9.17) is 20.4 Å². The normalized spacial score (nSPS) is 18.1. The number of nitrogens with two attached hydrogens (primary N) is 1. The third kappa shape index (κ3) is 5.11. The second-order valence-electron chi connectivity index (χ2n) is 10.5. The van der Waals surface area contributed by atoms with E-state index in [1.807, 2.05) is 29.2 Å². The van der Waals surface area contributed by atoms with Crippen molar-refractivity contribution in [2.45, 2.75) is 26.3 Å². The van der Waals surface area contributed by atoms with Crippen LogP contribution in [0.4, 0.5) is 23.4 Å². The molecule has 0 radical (unpaired) electrons. The maximum absolute atomic E-state index is 13.2. The minimum absolute atomic E-state index is 0.0920. The Kier molecular flexibility index (Phi) is 7.01. The van der Waals surface area contributed by atoms with Gasteiger partial charge in [-0.15, -0.1) is 0 Å². The minimum atomic E-state index is 0.0920. The predicted molar refractivity (Wildman–Crippen MR) is 150 cm³/mol. The first-order chi connectivity index (χ1) is 19.0. The standard InChI is InChI=1S/C28H35N9O2/c1-19(2)34-9-11-35(12-10-34)26(38)20-3-5-22(6-4-20)37-8-7-23-24(21-17-30-27(29)31-18-21)32-28(33-25(23)37)36-13-15-39-16-14-36/h3-6,17-19H,7-16H2,1-2H3,(H2,29,30,31). The lowest BCUT2D eigenvalue weighted by molar-refractivity contribution is 0.0595. The van der Waals surface area contributed by atoms with Crippen molar-refractivity contribution in [2.75, 3.05) is 74.6 Å². The first-order valence-corrected chi connectivity index (χ1v) is 13.7. The lowest BCUT2D eigenvalue weighted by Gasteiger charge is -2.37. The summed E-state index contributed by atoms with van der Waals surface area (Å²) >= 11 is 0. The third-order valence-corrected chi connectivity index (χ3v) is 7.81. The Morgan fingerprint density at radius 3 is 2.28 bits per heavy atom. The highest BCUT2D eigenvalue weighted by Crippen LogP contribution is 2.39. The second-order valence-corrected chi connectivity index (χ2v) is 10.5. The van der Waals surface area contributed by atoms with Crippen molar-refractivity contribution in [2.24, 2.45) is 0 Å². The van der Waals surface area contributed by atoms with E-state index < -0.39 is 0 Å². The summed E-state index contributed by atoms with van der Waals surface area (Å²) < 4.78 is 5.55. The summed E-state index contributed by atoms with van der Waals surface area (Å²) in [5.74, 6) is 1.87. The molecule has 6 rings (SSSR count). The van der Waals surface area contributed by atoms with Crippen LogP contribution in [0.25, 0.3) is 11.3 Å². The molecule has 0 aliphatic carbocycles. The minimum Gasteiger partial charge on any atom is -0.378 e. The first kappa shape index (κ1) is 25.4. The molecule has 0 saturated carbocycles. The molecule has 3 aliphatic heterocycles. The van der Waals surface area contributed by atoms with Crippen LogP contribution in [0.5, 0.6) is 0 Å². The van der Waals surface area contributed by atoms with Crippen LogP contribution in [0, 0.1) is 0 Å². The molecule has 2 saturated heterocycles. The summed E-state index contributed by atoms with van der Waals surface area (Å²) in [6.07, 6.45) is 4.23. The Bertz CT molecular complexity index is 1320. The maximum atomic E-state index is 13.2. The third-order valence-electron chi connectivity index (χ3n) is 7.81. The number of carbonyl (C=O) groups is 1. The zero-order chi connectivity index (χ0) is 26.9. The van der Waals surface area contributed by atoms with Crippen LogP contribution in [0.15, 0.2) is 36.7 Å². The van der Waals surface area contributed by atoms with E-state index in [1.165, 1.54) is 0 Å². The number of aromatic nitrogens is 4. The smallest absolute Gasteiger partial charge is 0.253 e. The van der Waals surface area contributed by atoms with Gasteiger partial charge in [-0.2, -0.15) is 4.98 Å². The fourth-order valence-electron chi connectivity index (χ4n) is 5.51. The van der Waals surface area contributed by atoms with Gasteiger partial charge in [0.15, 0.2) is 0 Å². The van der Waals surface area contributed by atoms with Gasteiger partial charge in [0.25, 0.3) is 5.91 Å². The van der Waals surface area contributed by atoms with Crippen molar-refractivity contribution >= 4 is 29.3 Å². The number of fused-ring (bicyclic) bond motifs is 1. The molecule has 11 nitrogen and oxygen atoms in total. The van der Waals surface area contributed by atoms with Crippen molar-refractivity contribution in [3.8, 4) is 11.3 Å². The number of nitrogen functional groups attached to an aromatic ring is 1. The summed E-state index contributed by atoms with van der Waals surface area (Å²) in [6.45, 7) is 11.3. The van der Waals surface area contributed by atoms with Crippen LogP contribution in [0.1, 0.15) is 29.8 Å². The summed E-state index contributed by atoms with van der Waals surface area (Å²) in [5, 5.41) is 0.